The van der Waals surface area contributed by atoms with Crippen LogP contribution in [0, 0.1) is 11.8 Å². The molecule has 4 atom stereocenters. The molecule has 1 aliphatic heterocycles. The van der Waals surface area contributed by atoms with Crippen LogP contribution >= 0.6 is 0 Å². The molecule has 0 aromatic heterocycles. The van der Waals surface area contributed by atoms with Gasteiger partial charge in [-0.1, -0.05) is 25.7 Å². The largest absolute Gasteiger partial charge is 0.372 e. The van der Waals surface area contributed by atoms with Gasteiger partial charge in [-0.2, -0.15) is 0 Å². The lowest BCUT2D eigenvalue weighted by Crippen LogP contribution is -2.47. The maximum Gasteiger partial charge on any atom is 0.0687 e. The second-order valence-electron chi connectivity index (χ2n) is 8.04. The Morgan fingerprint density at radius 3 is 2.53 bits per heavy atom. The Morgan fingerprint density at radius 1 is 1.00 bits per heavy atom. The molecule has 2 heteroatoms. The highest BCUT2D eigenvalue weighted by Gasteiger charge is 2.51. The van der Waals surface area contributed by atoms with Gasteiger partial charge in [0.15, 0.2) is 0 Å². The Labute approximate surface area is 117 Å². The van der Waals surface area contributed by atoms with Gasteiger partial charge in [0.25, 0.3) is 0 Å². The molecule has 108 valence electrons. The molecule has 4 aliphatic rings. The lowest BCUT2D eigenvalue weighted by Gasteiger charge is -2.38. The molecular formula is C17H29NO. The predicted molar refractivity (Wildman–Crippen MR) is 76.9 cm³/mol. The van der Waals surface area contributed by atoms with Crippen LogP contribution in [0.2, 0.25) is 0 Å². The number of rotatable bonds is 2. The minimum atomic E-state index is 0.133. The molecule has 2 nitrogen and oxygen atoms in total. The molecule has 2 bridgehead atoms. The van der Waals surface area contributed by atoms with Crippen LogP contribution < -0.4 is 5.73 Å². The van der Waals surface area contributed by atoms with E-state index in [1.54, 1.807) is 0 Å². The van der Waals surface area contributed by atoms with Crippen LogP contribution in [0.4, 0.5) is 0 Å². The highest BCUT2D eigenvalue weighted by molar-refractivity contribution is 5.06. The van der Waals surface area contributed by atoms with E-state index in [0.29, 0.717) is 6.10 Å². The van der Waals surface area contributed by atoms with Gasteiger partial charge in [0.05, 0.1) is 11.7 Å². The van der Waals surface area contributed by atoms with Crippen LogP contribution in [0.3, 0.4) is 0 Å². The van der Waals surface area contributed by atoms with Crippen LogP contribution in [0.15, 0.2) is 0 Å². The maximum atomic E-state index is 6.76. The van der Waals surface area contributed by atoms with Gasteiger partial charge in [-0.15, -0.1) is 0 Å². The van der Waals surface area contributed by atoms with Gasteiger partial charge in [0, 0.05) is 5.54 Å². The number of fused-ring (bicyclic) bond motifs is 2. The molecule has 4 fully saturated rings. The summed E-state index contributed by atoms with van der Waals surface area (Å²) in [7, 11) is 0. The molecule has 1 spiro atoms. The fourth-order valence-corrected chi connectivity index (χ4v) is 5.76. The summed E-state index contributed by atoms with van der Waals surface area (Å²) in [6.07, 6.45) is 16.5. The Kier molecular flexibility index (Phi) is 2.97. The van der Waals surface area contributed by atoms with Gasteiger partial charge in [0.1, 0.15) is 0 Å². The topological polar surface area (TPSA) is 35.2 Å². The van der Waals surface area contributed by atoms with Gasteiger partial charge in [-0.05, 0) is 63.2 Å². The molecule has 0 radical (unpaired) electrons. The lowest BCUT2D eigenvalue weighted by atomic mass is 9.77. The maximum absolute atomic E-state index is 6.76. The van der Waals surface area contributed by atoms with Crippen LogP contribution in [0.1, 0.15) is 77.0 Å². The molecule has 3 aliphatic carbocycles. The van der Waals surface area contributed by atoms with Gasteiger partial charge in [-0.3, -0.25) is 0 Å². The number of ether oxygens (including phenoxy) is 1. The molecule has 1 heterocycles. The first-order chi connectivity index (χ1) is 9.18. The average molecular weight is 263 g/mol. The fraction of sp³-hybridized carbons (Fsp3) is 1.00. The van der Waals surface area contributed by atoms with Crippen molar-refractivity contribution in [1.82, 2.24) is 0 Å². The van der Waals surface area contributed by atoms with Crippen molar-refractivity contribution in [3.63, 3.8) is 0 Å². The third-order valence-corrected chi connectivity index (χ3v) is 6.73. The van der Waals surface area contributed by atoms with E-state index in [9.17, 15) is 0 Å². The molecule has 0 aromatic carbocycles. The van der Waals surface area contributed by atoms with Crippen LogP contribution in [0.25, 0.3) is 0 Å². The first kappa shape index (κ1) is 12.6. The van der Waals surface area contributed by atoms with Crippen LogP contribution in [-0.2, 0) is 4.74 Å². The molecule has 0 aromatic rings. The third-order valence-electron chi connectivity index (χ3n) is 6.73. The molecule has 0 amide bonds. The summed E-state index contributed by atoms with van der Waals surface area (Å²) >= 11 is 0. The Bertz CT molecular complexity index is 349. The summed E-state index contributed by atoms with van der Waals surface area (Å²) in [5.41, 5.74) is 7.17. The van der Waals surface area contributed by atoms with E-state index in [0.717, 1.165) is 18.3 Å². The van der Waals surface area contributed by atoms with E-state index < -0.39 is 0 Å². The van der Waals surface area contributed by atoms with Crippen molar-refractivity contribution < 1.29 is 4.74 Å². The molecule has 4 unspecified atom stereocenters. The molecule has 4 rings (SSSR count). The fourth-order valence-electron chi connectivity index (χ4n) is 5.76. The van der Waals surface area contributed by atoms with Crippen molar-refractivity contribution in [3.05, 3.63) is 0 Å². The number of nitrogens with two attached hydrogens (primary N) is 1. The zero-order chi connectivity index (χ0) is 12.9. The third kappa shape index (κ3) is 2.15. The predicted octanol–water partition coefficient (Wildman–Crippen LogP) is 3.78. The summed E-state index contributed by atoms with van der Waals surface area (Å²) < 4.78 is 6.54. The van der Waals surface area contributed by atoms with Gasteiger partial charge in [-0.25, -0.2) is 0 Å². The molecule has 19 heavy (non-hydrogen) atoms. The number of hydrogen-bond donors (Lipinski definition) is 1. The van der Waals surface area contributed by atoms with Gasteiger partial charge < -0.3 is 10.5 Å². The highest BCUT2D eigenvalue weighted by atomic mass is 16.5. The van der Waals surface area contributed by atoms with E-state index in [1.807, 2.05) is 0 Å². The quantitative estimate of drug-likeness (QED) is 0.823. The van der Waals surface area contributed by atoms with Gasteiger partial charge in [0.2, 0.25) is 0 Å². The normalized spacial score (nSPS) is 48.2. The first-order valence-corrected chi connectivity index (χ1v) is 8.64. The second kappa shape index (κ2) is 4.46. The van der Waals surface area contributed by atoms with Crippen molar-refractivity contribution in [1.29, 1.82) is 0 Å². The number of hydrogen-bond acceptors (Lipinski definition) is 2. The van der Waals surface area contributed by atoms with Crippen LogP contribution in [-0.4, -0.2) is 17.2 Å². The second-order valence-corrected chi connectivity index (χ2v) is 8.04. The van der Waals surface area contributed by atoms with Crippen molar-refractivity contribution in [2.75, 3.05) is 0 Å². The minimum absolute atomic E-state index is 0.133. The van der Waals surface area contributed by atoms with Crippen molar-refractivity contribution in [3.8, 4) is 0 Å². The van der Waals surface area contributed by atoms with Crippen molar-refractivity contribution in [2.24, 2.45) is 17.6 Å². The summed E-state index contributed by atoms with van der Waals surface area (Å²) in [4.78, 5) is 0. The molecule has 2 N–H and O–H groups in total. The van der Waals surface area contributed by atoms with Crippen molar-refractivity contribution in [2.45, 2.75) is 94.3 Å². The first-order valence-electron chi connectivity index (χ1n) is 8.64. The highest BCUT2D eigenvalue weighted by Crippen LogP contribution is 2.53. The minimum Gasteiger partial charge on any atom is -0.372 e. The van der Waals surface area contributed by atoms with Crippen LogP contribution in [0.5, 0.6) is 0 Å². The summed E-state index contributed by atoms with van der Waals surface area (Å²) in [5.74, 6) is 1.75. The van der Waals surface area contributed by atoms with E-state index in [1.165, 1.54) is 70.6 Å². The smallest absolute Gasteiger partial charge is 0.0687 e. The van der Waals surface area contributed by atoms with Gasteiger partial charge >= 0.3 is 0 Å². The van der Waals surface area contributed by atoms with E-state index in [4.69, 9.17) is 10.5 Å². The SMILES string of the molecule is NC1(CC2CCC3(CCCCC3)O2)CC2CCC1C2. The Balaban J connectivity index is 1.39. The van der Waals surface area contributed by atoms with E-state index >= 15 is 0 Å². The Morgan fingerprint density at radius 2 is 1.84 bits per heavy atom. The summed E-state index contributed by atoms with van der Waals surface area (Å²) in [6.45, 7) is 0. The van der Waals surface area contributed by atoms with E-state index in [2.05, 4.69) is 0 Å². The molecule has 1 saturated heterocycles. The summed E-state index contributed by atoms with van der Waals surface area (Å²) in [5, 5.41) is 0. The summed E-state index contributed by atoms with van der Waals surface area (Å²) in [6, 6.07) is 0. The molecular weight excluding hydrogens is 234 g/mol. The zero-order valence-electron chi connectivity index (χ0n) is 12.2. The monoisotopic (exact) mass is 263 g/mol. The lowest BCUT2D eigenvalue weighted by molar-refractivity contribution is -0.0737. The average Bonchev–Trinajstić information content (AvgIpc) is 3.06. The molecule has 3 saturated carbocycles. The van der Waals surface area contributed by atoms with E-state index in [-0.39, 0.29) is 11.1 Å². The van der Waals surface area contributed by atoms with Crippen molar-refractivity contribution >= 4 is 0 Å². The Hall–Kier alpha value is -0.0800. The standard InChI is InChI=1S/C17H29NO/c18-17(11-13-4-5-14(17)10-13)12-15-6-9-16(19-15)7-2-1-3-8-16/h13-15H,1-12,18H2. The zero-order valence-corrected chi connectivity index (χ0v) is 12.2.